The van der Waals surface area contributed by atoms with Gasteiger partial charge in [0.1, 0.15) is 24.1 Å². The zero-order valence-corrected chi connectivity index (χ0v) is 22.7. The molecule has 0 radical (unpaired) electrons. The van der Waals surface area contributed by atoms with E-state index in [2.05, 4.69) is 9.84 Å². The molecule has 1 unspecified atom stereocenters. The summed E-state index contributed by atoms with van der Waals surface area (Å²) in [6.45, 7) is 1.71. The van der Waals surface area contributed by atoms with Gasteiger partial charge >= 0.3 is 12.1 Å². The molecule has 2 amide bonds. The molecule has 1 aromatic heterocycles. The fourth-order valence-electron chi connectivity index (χ4n) is 4.42. The van der Waals surface area contributed by atoms with Crippen LogP contribution in [0.25, 0.3) is 5.69 Å². The van der Waals surface area contributed by atoms with Crippen LogP contribution in [-0.2, 0) is 33.7 Å². The van der Waals surface area contributed by atoms with Gasteiger partial charge in [0.25, 0.3) is 5.91 Å². The number of primary amides is 1. The van der Waals surface area contributed by atoms with Gasteiger partial charge in [0.2, 0.25) is 5.91 Å². The molecule has 1 aliphatic rings. The lowest BCUT2D eigenvalue weighted by atomic mass is 10.1. The van der Waals surface area contributed by atoms with Crippen molar-refractivity contribution in [2.75, 3.05) is 7.11 Å². The monoisotopic (exact) mass is 598 g/mol. The highest BCUT2D eigenvalue weighted by Crippen LogP contribution is 2.38. The van der Waals surface area contributed by atoms with E-state index in [1.54, 1.807) is 25.1 Å². The molecule has 2 heterocycles. The summed E-state index contributed by atoms with van der Waals surface area (Å²) in [4.78, 5) is 38.1. The second kappa shape index (κ2) is 11.4. The van der Waals surface area contributed by atoms with Crippen molar-refractivity contribution in [3.8, 4) is 11.4 Å². The van der Waals surface area contributed by atoms with Crippen molar-refractivity contribution < 1.29 is 37.0 Å². The molecule has 3 aromatic rings. The minimum Gasteiger partial charge on any atom is -0.488 e. The van der Waals surface area contributed by atoms with E-state index in [1.807, 2.05) is 0 Å². The summed E-state index contributed by atoms with van der Waals surface area (Å²) in [5.41, 5.74) is 6.61. The van der Waals surface area contributed by atoms with Crippen molar-refractivity contribution in [2.45, 2.75) is 45.1 Å². The Kier molecular flexibility index (Phi) is 8.31. The molecule has 0 saturated heterocycles. The summed E-state index contributed by atoms with van der Waals surface area (Å²) in [6.07, 6.45) is -3.24. The molecular weight excluding hydrogens is 576 g/mol. The molecule has 0 fully saturated rings. The number of alkyl halides is 3. The van der Waals surface area contributed by atoms with E-state index >= 15 is 0 Å². The van der Waals surface area contributed by atoms with Gasteiger partial charge in [0.15, 0.2) is 0 Å². The van der Waals surface area contributed by atoms with Crippen LogP contribution in [0.1, 0.15) is 45.6 Å². The predicted molar refractivity (Wildman–Crippen MR) is 138 cm³/mol. The number of benzene rings is 2. The summed E-state index contributed by atoms with van der Waals surface area (Å²) >= 11 is 12.3. The minimum atomic E-state index is -4.62. The van der Waals surface area contributed by atoms with Crippen molar-refractivity contribution in [1.82, 2.24) is 14.7 Å². The molecule has 2 N–H and O–H groups in total. The topological polar surface area (TPSA) is 117 Å². The Labute approximate surface area is 236 Å². The number of fused-ring (bicyclic) bond motifs is 1. The number of carbonyl (C=O) groups excluding carboxylic acids is 3. The van der Waals surface area contributed by atoms with Gasteiger partial charge in [0.05, 0.1) is 35.5 Å². The number of methoxy groups -OCH3 is 1. The van der Waals surface area contributed by atoms with Crippen LogP contribution in [0, 0.1) is 6.92 Å². The number of hydrogen-bond donors (Lipinski definition) is 1. The van der Waals surface area contributed by atoms with Gasteiger partial charge in [-0.3, -0.25) is 14.4 Å². The summed E-state index contributed by atoms with van der Waals surface area (Å²) in [6, 6.07) is 5.42. The van der Waals surface area contributed by atoms with Gasteiger partial charge in [-0.1, -0.05) is 29.3 Å². The van der Waals surface area contributed by atoms with Crippen molar-refractivity contribution in [2.24, 2.45) is 5.73 Å². The van der Waals surface area contributed by atoms with Gasteiger partial charge in [-0.15, -0.1) is 0 Å². The molecule has 9 nitrogen and oxygen atoms in total. The van der Waals surface area contributed by atoms with E-state index in [0.717, 1.165) is 12.1 Å². The van der Waals surface area contributed by atoms with E-state index in [-0.39, 0.29) is 41.7 Å². The van der Waals surface area contributed by atoms with E-state index in [4.69, 9.17) is 33.7 Å². The highest BCUT2D eigenvalue weighted by molar-refractivity contribution is 6.37. The van der Waals surface area contributed by atoms with Crippen LogP contribution < -0.4 is 10.5 Å². The van der Waals surface area contributed by atoms with Gasteiger partial charge < -0.3 is 20.1 Å². The molecule has 0 spiro atoms. The first-order valence-corrected chi connectivity index (χ1v) is 12.6. The fourth-order valence-corrected chi connectivity index (χ4v) is 5.07. The largest absolute Gasteiger partial charge is 0.488 e. The van der Waals surface area contributed by atoms with E-state index in [0.29, 0.717) is 28.1 Å². The quantitative estimate of drug-likeness (QED) is 0.352. The molecule has 212 valence electrons. The lowest BCUT2D eigenvalue weighted by molar-refractivity contribution is -0.141. The minimum absolute atomic E-state index is 0.00533. The number of nitrogens with zero attached hydrogens (tertiary/aromatic N) is 3. The molecule has 2 aromatic carbocycles. The van der Waals surface area contributed by atoms with Crippen molar-refractivity contribution in [1.29, 1.82) is 0 Å². The Morgan fingerprint density at radius 2 is 1.88 bits per heavy atom. The first-order chi connectivity index (χ1) is 18.8. The molecule has 0 bridgehead atoms. The van der Waals surface area contributed by atoms with Crippen LogP contribution in [0.15, 0.2) is 36.5 Å². The normalized spacial score (nSPS) is 13.8. The number of hydrogen-bond acceptors (Lipinski definition) is 6. The highest BCUT2D eigenvalue weighted by atomic mass is 35.5. The Bertz CT molecular complexity index is 1470. The lowest BCUT2D eigenvalue weighted by Crippen LogP contribution is -2.45. The van der Waals surface area contributed by atoms with Crippen molar-refractivity contribution in [3.05, 3.63) is 74.5 Å². The van der Waals surface area contributed by atoms with E-state index in [9.17, 15) is 27.6 Å². The van der Waals surface area contributed by atoms with Crippen LogP contribution in [0.4, 0.5) is 13.2 Å². The Hall–Kier alpha value is -3.77. The molecule has 4 rings (SSSR count). The molecule has 1 atom stereocenters. The van der Waals surface area contributed by atoms with Gasteiger partial charge in [-0.2, -0.15) is 18.3 Å². The van der Waals surface area contributed by atoms with Gasteiger partial charge in [-0.05, 0) is 37.6 Å². The average Bonchev–Trinajstić information content (AvgIpc) is 3.41. The molecule has 40 heavy (non-hydrogen) atoms. The second-order valence-corrected chi connectivity index (χ2v) is 9.80. The van der Waals surface area contributed by atoms with Gasteiger partial charge in [-0.25, -0.2) is 4.68 Å². The highest BCUT2D eigenvalue weighted by Gasteiger charge is 2.37. The Morgan fingerprint density at radius 3 is 2.48 bits per heavy atom. The first kappa shape index (κ1) is 29.2. The second-order valence-electron chi connectivity index (χ2n) is 8.99. The van der Waals surface area contributed by atoms with Crippen LogP contribution in [0.5, 0.6) is 5.75 Å². The number of rotatable bonds is 9. The maximum atomic E-state index is 13.1. The predicted octanol–water partition coefficient (Wildman–Crippen LogP) is 4.85. The van der Waals surface area contributed by atoms with Gasteiger partial charge in [0, 0.05) is 28.8 Å². The molecule has 14 heteroatoms. The molecule has 0 aliphatic carbocycles. The number of aromatic nitrogens is 2. The van der Waals surface area contributed by atoms with Crippen molar-refractivity contribution in [3.63, 3.8) is 0 Å². The number of esters is 1. The average molecular weight is 599 g/mol. The molecular formula is C26H23Cl2F3N4O5. The SMILES string of the molecule is COC(=O)CCC(C(N)=O)N1Cc2c(OCc3cnn(-c4c(Cl)cc(C(F)(F)F)cc4Cl)c3C)cccc2C1=O. The van der Waals surface area contributed by atoms with Crippen LogP contribution in [0.3, 0.4) is 0 Å². The maximum absolute atomic E-state index is 13.1. The summed E-state index contributed by atoms with van der Waals surface area (Å²) in [7, 11) is 1.22. The first-order valence-electron chi connectivity index (χ1n) is 11.8. The molecule has 1 aliphatic heterocycles. The number of ether oxygens (including phenoxy) is 2. The zero-order valence-electron chi connectivity index (χ0n) is 21.2. The third-order valence-electron chi connectivity index (χ3n) is 6.56. The third kappa shape index (κ3) is 5.73. The fraction of sp³-hybridized carbons (Fsp3) is 0.308. The standard InChI is InChI=1S/C26H23Cl2F3N4O5/c1-13-14(10-33-35(13)23-18(27)8-15(9-19(23)28)26(29,30)31)12-40-21-5-3-4-16-17(21)11-34(25(16)38)20(24(32)37)6-7-22(36)39-2/h3-5,8-10,20H,6-7,11-12H2,1-2H3,(H2,32,37). The van der Waals surface area contributed by atoms with Crippen LogP contribution in [-0.4, -0.2) is 45.6 Å². The zero-order chi connectivity index (χ0) is 29.4. The Morgan fingerprint density at radius 1 is 1.20 bits per heavy atom. The van der Waals surface area contributed by atoms with Crippen molar-refractivity contribution >= 4 is 41.0 Å². The van der Waals surface area contributed by atoms with Crippen LogP contribution in [0.2, 0.25) is 10.0 Å². The number of nitrogens with two attached hydrogens (primary N) is 1. The number of amides is 2. The summed E-state index contributed by atoms with van der Waals surface area (Å²) in [5, 5.41) is 3.77. The number of carbonyl (C=O) groups is 3. The summed E-state index contributed by atoms with van der Waals surface area (Å²) in [5.74, 6) is -1.34. The summed E-state index contributed by atoms with van der Waals surface area (Å²) < 4.78 is 51.3. The number of halogens is 5. The van der Waals surface area contributed by atoms with E-state index < -0.39 is 35.6 Å². The maximum Gasteiger partial charge on any atom is 0.416 e. The lowest BCUT2D eigenvalue weighted by Gasteiger charge is -2.24. The molecule has 0 saturated carbocycles. The van der Waals surface area contributed by atoms with Crippen LogP contribution >= 0.6 is 23.2 Å². The third-order valence-corrected chi connectivity index (χ3v) is 7.13. The smallest absolute Gasteiger partial charge is 0.416 e. The Balaban J connectivity index is 1.54. The van der Waals surface area contributed by atoms with E-state index in [1.165, 1.54) is 22.9 Å².